The van der Waals surface area contributed by atoms with Gasteiger partial charge in [-0.3, -0.25) is 0 Å². The maximum Gasteiger partial charge on any atom is 0.191 e. The summed E-state index contributed by atoms with van der Waals surface area (Å²) < 4.78 is 5.38. The summed E-state index contributed by atoms with van der Waals surface area (Å²) in [7, 11) is 4.01. The topological polar surface area (TPSA) is 65.7 Å². The molecule has 7 heteroatoms. The normalized spacial score (nSPS) is 11.2. The molecule has 0 saturated heterocycles. The van der Waals surface area contributed by atoms with Crippen LogP contribution in [0.25, 0.3) is 10.9 Å². The molecule has 2 N–H and O–H groups in total. The number of para-hydroxylation sites is 1. The van der Waals surface area contributed by atoms with Gasteiger partial charge in [0.25, 0.3) is 0 Å². The number of guanidine groups is 1. The lowest BCUT2D eigenvalue weighted by Crippen LogP contribution is -2.38. The fourth-order valence-corrected chi connectivity index (χ4v) is 2.86. The van der Waals surface area contributed by atoms with Gasteiger partial charge in [0.15, 0.2) is 5.96 Å². The zero-order valence-electron chi connectivity index (χ0n) is 16.6. The van der Waals surface area contributed by atoms with Crippen LogP contribution in [-0.2, 0) is 13.0 Å². The number of anilines is 1. The van der Waals surface area contributed by atoms with E-state index in [1.165, 1.54) is 0 Å². The van der Waals surface area contributed by atoms with Gasteiger partial charge in [-0.2, -0.15) is 0 Å². The van der Waals surface area contributed by atoms with Crippen molar-refractivity contribution in [3.05, 3.63) is 60.1 Å². The van der Waals surface area contributed by atoms with Crippen LogP contribution in [-0.4, -0.2) is 38.1 Å². The van der Waals surface area contributed by atoms with E-state index in [4.69, 9.17) is 14.4 Å². The SMILES string of the molecule is CCNC(=NCc1cc(N(C)C)nc2ccccc12)NCCc1ccco1.I. The van der Waals surface area contributed by atoms with Crippen LogP contribution in [0.2, 0.25) is 0 Å². The summed E-state index contributed by atoms with van der Waals surface area (Å²) in [6.45, 7) is 4.22. The van der Waals surface area contributed by atoms with E-state index in [0.717, 1.165) is 53.5 Å². The number of rotatable bonds is 7. The standard InChI is InChI=1S/C21H27N5O.HI/c1-4-22-21(23-12-11-17-8-7-13-27-17)24-15-16-14-20(26(2)3)25-19-10-6-5-9-18(16)19;/h5-10,13-14H,4,11-12,15H2,1-3H3,(H2,22,23,24);1H. The van der Waals surface area contributed by atoms with Crippen molar-refractivity contribution in [2.45, 2.75) is 19.9 Å². The fraction of sp³-hybridized carbons (Fsp3) is 0.333. The molecule has 0 saturated carbocycles. The van der Waals surface area contributed by atoms with Crippen molar-refractivity contribution in [2.24, 2.45) is 4.99 Å². The number of fused-ring (bicyclic) bond motifs is 1. The molecule has 2 heterocycles. The molecule has 0 aliphatic carbocycles. The Morgan fingerprint density at radius 2 is 1.96 bits per heavy atom. The maximum absolute atomic E-state index is 5.38. The number of hydrogen-bond acceptors (Lipinski definition) is 4. The molecule has 3 rings (SSSR count). The van der Waals surface area contributed by atoms with Crippen LogP contribution in [0.5, 0.6) is 0 Å². The number of halogens is 1. The van der Waals surface area contributed by atoms with Crippen molar-refractivity contribution < 1.29 is 4.42 Å². The van der Waals surface area contributed by atoms with Crippen molar-refractivity contribution in [1.29, 1.82) is 0 Å². The van der Waals surface area contributed by atoms with Gasteiger partial charge in [0.05, 0.1) is 18.3 Å². The van der Waals surface area contributed by atoms with Crippen molar-refractivity contribution in [3.63, 3.8) is 0 Å². The largest absolute Gasteiger partial charge is 0.469 e. The second-order valence-electron chi connectivity index (χ2n) is 6.50. The minimum Gasteiger partial charge on any atom is -0.469 e. The van der Waals surface area contributed by atoms with Gasteiger partial charge in [0.2, 0.25) is 0 Å². The molecule has 150 valence electrons. The van der Waals surface area contributed by atoms with Gasteiger partial charge < -0.3 is 20.0 Å². The zero-order chi connectivity index (χ0) is 19.1. The molecule has 0 aliphatic rings. The average molecular weight is 493 g/mol. The number of benzene rings is 1. The first-order chi connectivity index (χ1) is 13.2. The quantitative estimate of drug-likeness (QED) is 0.298. The minimum absolute atomic E-state index is 0. The van der Waals surface area contributed by atoms with Crippen molar-refractivity contribution in [2.75, 3.05) is 32.1 Å². The Bertz CT molecular complexity index is 893. The number of furan rings is 1. The number of aromatic nitrogens is 1. The highest BCUT2D eigenvalue weighted by Crippen LogP contribution is 2.22. The predicted octanol–water partition coefficient (Wildman–Crippen LogP) is 3.81. The Morgan fingerprint density at radius 3 is 2.68 bits per heavy atom. The van der Waals surface area contributed by atoms with Crippen molar-refractivity contribution in [3.8, 4) is 0 Å². The lowest BCUT2D eigenvalue weighted by Gasteiger charge is -2.15. The molecule has 3 aromatic rings. The third-order valence-corrected chi connectivity index (χ3v) is 4.24. The van der Waals surface area contributed by atoms with E-state index in [2.05, 4.69) is 29.7 Å². The molecule has 0 atom stereocenters. The molecule has 2 aromatic heterocycles. The minimum atomic E-state index is 0. The van der Waals surface area contributed by atoms with E-state index >= 15 is 0 Å². The highest BCUT2D eigenvalue weighted by Gasteiger charge is 2.07. The predicted molar refractivity (Wildman–Crippen MR) is 127 cm³/mol. The maximum atomic E-state index is 5.38. The average Bonchev–Trinajstić information content (AvgIpc) is 3.19. The van der Waals surface area contributed by atoms with Gasteiger partial charge >= 0.3 is 0 Å². The Morgan fingerprint density at radius 1 is 1.14 bits per heavy atom. The molecule has 1 aromatic carbocycles. The van der Waals surface area contributed by atoms with Gasteiger partial charge in [-0.15, -0.1) is 24.0 Å². The highest BCUT2D eigenvalue weighted by molar-refractivity contribution is 14.0. The van der Waals surface area contributed by atoms with E-state index in [0.29, 0.717) is 6.54 Å². The lowest BCUT2D eigenvalue weighted by atomic mass is 10.1. The zero-order valence-corrected chi connectivity index (χ0v) is 18.9. The van der Waals surface area contributed by atoms with E-state index < -0.39 is 0 Å². The summed E-state index contributed by atoms with van der Waals surface area (Å²) in [5, 5.41) is 7.81. The smallest absolute Gasteiger partial charge is 0.191 e. The molecule has 0 spiro atoms. The summed E-state index contributed by atoms with van der Waals surface area (Å²) in [4.78, 5) is 11.5. The summed E-state index contributed by atoms with van der Waals surface area (Å²) in [6.07, 6.45) is 2.52. The molecule has 0 bridgehead atoms. The van der Waals surface area contributed by atoms with E-state index in [1.807, 2.05) is 49.3 Å². The molecule has 0 fully saturated rings. The second kappa shape index (κ2) is 10.9. The van der Waals surface area contributed by atoms with E-state index in [9.17, 15) is 0 Å². The first-order valence-electron chi connectivity index (χ1n) is 9.28. The first-order valence-corrected chi connectivity index (χ1v) is 9.28. The van der Waals surface area contributed by atoms with Gasteiger partial charge in [-0.1, -0.05) is 18.2 Å². The Kier molecular flexibility index (Phi) is 8.56. The Balaban J connectivity index is 0.00000280. The van der Waals surface area contributed by atoms with Crippen LogP contribution in [0.15, 0.2) is 58.1 Å². The number of aliphatic imine (C=N–C) groups is 1. The molecule has 28 heavy (non-hydrogen) atoms. The number of pyridine rings is 1. The monoisotopic (exact) mass is 493 g/mol. The van der Waals surface area contributed by atoms with Crippen LogP contribution < -0.4 is 15.5 Å². The third kappa shape index (κ3) is 5.85. The summed E-state index contributed by atoms with van der Waals surface area (Å²) in [5.74, 6) is 2.71. The van der Waals surface area contributed by atoms with Crippen LogP contribution in [0.4, 0.5) is 5.82 Å². The molecule has 6 nitrogen and oxygen atoms in total. The van der Waals surface area contributed by atoms with Gasteiger partial charge in [-0.05, 0) is 36.8 Å². The van der Waals surface area contributed by atoms with E-state index in [1.54, 1.807) is 6.26 Å². The summed E-state index contributed by atoms with van der Waals surface area (Å²) >= 11 is 0. The Labute approximate surface area is 183 Å². The molecular weight excluding hydrogens is 465 g/mol. The summed E-state index contributed by atoms with van der Waals surface area (Å²) in [6, 6.07) is 14.2. The van der Waals surface area contributed by atoms with Crippen LogP contribution in [0.1, 0.15) is 18.2 Å². The lowest BCUT2D eigenvalue weighted by molar-refractivity contribution is 0.507. The second-order valence-corrected chi connectivity index (χ2v) is 6.50. The molecule has 0 amide bonds. The van der Waals surface area contributed by atoms with Crippen molar-refractivity contribution in [1.82, 2.24) is 15.6 Å². The van der Waals surface area contributed by atoms with E-state index in [-0.39, 0.29) is 24.0 Å². The molecule has 0 aliphatic heterocycles. The number of nitrogens with one attached hydrogen (secondary N) is 2. The van der Waals surface area contributed by atoms with Gasteiger partial charge in [0, 0.05) is 39.0 Å². The van der Waals surface area contributed by atoms with Crippen LogP contribution >= 0.6 is 24.0 Å². The van der Waals surface area contributed by atoms with Crippen molar-refractivity contribution >= 4 is 46.7 Å². The highest BCUT2D eigenvalue weighted by atomic mass is 127. The first kappa shape index (κ1) is 22.0. The van der Waals surface area contributed by atoms with Crippen LogP contribution in [0.3, 0.4) is 0 Å². The van der Waals surface area contributed by atoms with Gasteiger partial charge in [0.1, 0.15) is 11.6 Å². The molecule has 0 unspecified atom stereocenters. The fourth-order valence-electron chi connectivity index (χ4n) is 2.86. The summed E-state index contributed by atoms with van der Waals surface area (Å²) in [5.41, 5.74) is 2.15. The Hall–Kier alpha value is -2.29. The number of hydrogen-bond donors (Lipinski definition) is 2. The number of nitrogens with zero attached hydrogens (tertiary/aromatic N) is 3. The molecule has 0 radical (unpaired) electrons. The van der Waals surface area contributed by atoms with Crippen LogP contribution in [0, 0.1) is 0 Å². The van der Waals surface area contributed by atoms with Gasteiger partial charge in [-0.25, -0.2) is 9.98 Å². The molecular formula is C21H28IN5O. The third-order valence-electron chi connectivity index (χ3n) is 4.24.